The molecule has 10 heteroatoms. The van der Waals surface area contributed by atoms with Crippen molar-refractivity contribution in [2.45, 2.75) is 17.1 Å². The summed E-state index contributed by atoms with van der Waals surface area (Å²) < 4.78 is 27.1. The lowest BCUT2D eigenvalue weighted by Gasteiger charge is -2.12. The summed E-state index contributed by atoms with van der Waals surface area (Å²) >= 11 is 1.35. The fraction of sp³-hybridized carbons (Fsp3) is 0.583. The number of thioether (sulfide) groups is 1. The quantitative estimate of drug-likeness (QED) is 0.213. The SMILES string of the molecule is CCSc1nc(OCCOCOC)c(C(N)=O)c(S(C)=O)n1. The van der Waals surface area contributed by atoms with Gasteiger partial charge in [0.25, 0.3) is 5.91 Å². The number of methoxy groups -OCH3 is 1. The maximum Gasteiger partial charge on any atom is 0.257 e. The largest absolute Gasteiger partial charge is 0.475 e. The standard InChI is InChI=1S/C12H19N3O5S2/c1-4-21-12-14-10(20-6-5-19-7-18-2)8(9(13)16)11(15-12)22(3)17/h4-7H2,1-3H3,(H2,13,16). The van der Waals surface area contributed by atoms with Crippen molar-refractivity contribution < 1.29 is 23.2 Å². The highest BCUT2D eigenvalue weighted by Gasteiger charge is 2.22. The summed E-state index contributed by atoms with van der Waals surface area (Å²) in [5.41, 5.74) is 5.28. The van der Waals surface area contributed by atoms with Crippen molar-refractivity contribution in [3.8, 4) is 5.88 Å². The van der Waals surface area contributed by atoms with Crippen molar-refractivity contribution in [1.29, 1.82) is 0 Å². The molecular weight excluding hydrogens is 330 g/mol. The molecule has 1 aromatic heterocycles. The van der Waals surface area contributed by atoms with Gasteiger partial charge in [0, 0.05) is 13.4 Å². The van der Waals surface area contributed by atoms with E-state index in [1.807, 2.05) is 6.92 Å². The minimum Gasteiger partial charge on any atom is -0.475 e. The molecule has 0 aromatic carbocycles. The molecule has 1 atom stereocenters. The van der Waals surface area contributed by atoms with Gasteiger partial charge in [0.05, 0.1) is 17.4 Å². The number of rotatable bonds is 10. The Morgan fingerprint density at radius 1 is 1.36 bits per heavy atom. The molecule has 0 saturated heterocycles. The van der Waals surface area contributed by atoms with E-state index < -0.39 is 16.7 Å². The van der Waals surface area contributed by atoms with Crippen LogP contribution >= 0.6 is 11.8 Å². The molecule has 1 rings (SSSR count). The Labute approximate surface area is 135 Å². The van der Waals surface area contributed by atoms with E-state index in [0.717, 1.165) is 5.75 Å². The van der Waals surface area contributed by atoms with Crippen LogP contribution in [0.25, 0.3) is 0 Å². The predicted octanol–water partition coefficient (Wildman–Crippen LogP) is 0.424. The van der Waals surface area contributed by atoms with E-state index in [0.29, 0.717) is 5.16 Å². The van der Waals surface area contributed by atoms with Gasteiger partial charge in [-0.15, -0.1) is 0 Å². The normalized spacial score (nSPS) is 12.1. The van der Waals surface area contributed by atoms with Gasteiger partial charge in [0.2, 0.25) is 5.88 Å². The van der Waals surface area contributed by atoms with Crippen LogP contribution in [0.2, 0.25) is 0 Å². The zero-order chi connectivity index (χ0) is 16.5. The first kappa shape index (κ1) is 18.8. The zero-order valence-electron chi connectivity index (χ0n) is 12.7. The van der Waals surface area contributed by atoms with Gasteiger partial charge in [0.15, 0.2) is 5.16 Å². The van der Waals surface area contributed by atoms with E-state index in [-0.39, 0.29) is 36.5 Å². The molecule has 124 valence electrons. The second-order valence-electron chi connectivity index (χ2n) is 3.91. The highest BCUT2D eigenvalue weighted by molar-refractivity contribution is 7.99. The monoisotopic (exact) mass is 349 g/mol. The molecular formula is C12H19N3O5S2. The molecule has 0 spiro atoms. The van der Waals surface area contributed by atoms with E-state index >= 15 is 0 Å². The minimum absolute atomic E-state index is 0.0182. The third-order valence-corrected chi connectivity index (χ3v) is 3.85. The molecule has 1 unspecified atom stereocenters. The zero-order valence-corrected chi connectivity index (χ0v) is 14.3. The number of nitrogens with two attached hydrogens (primary N) is 1. The molecule has 0 aliphatic rings. The van der Waals surface area contributed by atoms with Crippen LogP contribution in [0.15, 0.2) is 10.2 Å². The van der Waals surface area contributed by atoms with Crippen LogP contribution in [0.3, 0.4) is 0 Å². The number of primary amides is 1. The number of carbonyl (C=O) groups is 1. The van der Waals surface area contributed by atoms with E-state index in [9.17, 15) is 9.00 Å². The maximum atomic E-state index is 11.8. The summed E-state index contributed by atoms with van der Waals surface area (Å²) in [6.45, 7) is 2.46. The lowest BCUT2D eigenvalue weighted by atomic mass is 10.3. The van der Waals surface area contributed by atoms with Crippen LogP contribution in [-0.2, 0) is 20.3 Å². The molecule has 1 heterocycles. The van der Waals surface area contributed by atoms with Crippen molar-refractivity contribution in [2.24, 2.45) is 5.73 Å². The van der Waals surface area contributed by atoms with E-state index in [1.165, 1.54) is 25.1 Å². The summed E-state index contributed by atoms with van der Waals surface area (Å²) in [6.07, 6.45) is 1.42. The van der Waals surface area contributed by atoms with Crippen molar-refractivity contribution in [3.05, 3.63) is 5.56 Å². The molecule has 8 nitrogen and oxygen atoms in total. The van der Waals surface area contributed by atoms with Crippen molar-refractivity contribution in [1.82, 2.24) is 9.97 Å². The van der Waals surface area contributed by atoms with Gasteiger partial charge in [-0.2, -0.15) is 4.98 Å². The van der Waals surface area contributed by atoms with Gasteiger partial charge < -0.3 is 19.9 Å². The van der Waals surface area contributed by atoms with E-state index in [1.54, 1.807) is 0 Å². The lowest BCUT2D eigenvalue weighted by Crippen LogP contribution is -2.20. The highest BCUT2D eigenvalue weighted by atomic mass is 32.2. The fourth-order valence-electron chi connectivity index (χ4n) is 1.46. The van der Waals surface area contributed by atoms with Gasteiger partial charge in [0.1, 0.15) is 24.0 Å². The average Bonchev–Trinajstić information content (AvgIpc) is 2.46. The Morgan fingerprint density at radius 2 is 2.09 bits per heavy atom. The minimum atomic E-state index is -1.49. The number of nitrogens with zero attached hydrogens (tertiary/aromatic N) is 2. The number of ether oxygens (including phenoxy) is 3. The third-order valence-electron chi connectivity index (χ3n) is 2.28. The van der Waals surface area contributed by atoms with Crippen LogP contribution in [-0.4, -0.2) is 59.2 Å². The average molecular weight is 349 g/mol. The molecule has 1 aromatic rings. The number of hydrogen-bond donors (Lipinski definition) is 1. The summed E-state index contributed by atoms with van der Waals surface area (Å²) in [5, 5.41) is 0.455. The summed E-state index contributed by atoms with van der Waals surface area (Å²) in [7, 11) is 0.0154. The van der Waals surface area contributed by atoms with E-state index in [4.69, 9.17) is 19.9 Å². The molecule has 1 amide bonds. The molecule has 0 saturated carbocycles. The number of carbonyl (C=O) groups excluding carboxylic acids is 1. The Balaban J connectivity index is 3.04. The number of hydrogen-bond acceptors (Lipinski definition) is 8. The summed E-state index contributed by atoms with van der Waals surface area (Å²) in [6, 6.07) is 0. The van der Waals surface area contributed by atoms with Crippen LogP contribution in [0.4, 0.5) is 0 Å². The van der Waals surface area contributed by atoms with Crippen LogP contribution in [0.1, 0.15) is 17.3 Å². The van der Waals surface area contributed by atoms with Gasteiger partial charge in [-0.1, -0.05) is 18.7 Å². The van der Waals surface area contributed by atoms with Gasteiger partial charge in [-0.25, -0.2) is 4.98 Å². The van der Waals surface area contributed by atoms with Gasteiger partial charge >= 0.3 is 0 Å². The Bertz CT molecular complexity index is 542. The van der Waals surface area contributed by atoms with Crippen LogP contribution in [0, 0.1) is 0 Å². The molecule has 0 aliphatic heterocycles. The van der Waals surface area contributed by atoms with Gasteiger partial charge in [-0.3, -0.25) is 9.00 Å². The third kappa shape index (κ3) is 5.52. The highest BCUT2D eigenvalue weighted by Crippen LogP contribution is 2.25. The van der Waals surface area contributed by atoms with Crippen molar-refractivity contribution in [3.63, 3.8) is 0 Å². The maximum absolute atomic E-state index is 11.8. The second-order valence-corrected chi connectivity index (χ2v) is 6.43. The summed E-state index contributed by atoms with van der Waals surface area (Å²) in [4.78, 5) is 19.9. The first-order valence-corrected chi connectivity index (χ1v) is 8.93. The molecule has 0 radical (unpaired) electrons. The Morgan fingerprint density at radius 3 is 2.64 bits per heavy atom. The van der Waals surface area contributed by atoms with Crippen LogP contribution < -0.4 is 10.5 Å². The molecule has 0 aliphatic carbocycles. The molecule has 0 bridgehead atoms. The van der Waals surface area contributed by atoms with E-state index in [2.05, 4.69) is 9.97 Å². The predicted molar refractivity (Wildman–Crippen MR) is 82.6 cm³/mol. The Kier molecular flexibility index (Phi) is 8.31. The first-order chi connectivity index (χ1) is 10.5. The van der Waals surface area contributed by atoms with Gasteiger partial charge in [-0.05, 0) is 5.75 Å². The van der Waals surface area contributed by atoms with Crippen molar-refractivity contribution in [2.75, 3.05) is 39.1 Å². The summed E-state index contributed by atoms with van der Waals surface area (Å²) in [5.74, 6) is -0.0435. The van der Waals surface area contributed by atoms with Crippen LogP contribution in [0.5, 0.6) is 5.88 Å². The Hall–Kier alpha value is -1.23. The fourth-order valence-corrected chi connectivity index (χ4v) is 2.77. The molecule has 0 fully saturated rings. The van der Waals surface area contributed by atoms with Crippen molar-refractivity contribution >= 4 is 28.5 Å². The first-order valence-electron chi connectivity index (χ1n) is 6.38. The topological polar surface area (TPSA) is 114 Å². The molecule has 2 N–H and O–H groups in total. The second kappa shape index (κ2) is 9.72. The lowest BCUT2D eigenvalue weighted by molar-refractivity contribution is -0.0392. The smallest absolute Gasteiger partial charge is 0.257 e. The number of amides is 1. The molecule has 22 heavy (non-hydrogen) atoms. The number of aromatic nitrogens is 2.